The van der Waals surface area contributed by atoms with Gasteiger partial charge in [-0.2, -0.15) is 0 Å². The first-order chi connectivity index (χ1) is 13.3. The van der Waals surface area contributed by atoms with E-state index >= 15 is 0 Å². The predicted octanol–water partition coefficient (Wildman–Crippen LogP) is 3.06. The lowest BCUT2D eigenvalue weighted by atomic mass is 9.94. The molecule has 0 unspecified atom stereocenters. The third-order valence-electron chi connectivity index (χ3n) is 4.46. The van der Waals surface area contributed by atoms with Crippen LogP contribution in [0.25, 0.3) is 12.2 Å². The molecule has 0 aromatic heterocycles. The van der Waals surface area contributed by atoms with E-state index in [2.05, 4.69) is 0 Å². The molecule has 2 N–H and O–H groups in total. The summed E-state index contributed by atoms with van der Waals surface area (Å²) < 4.78 is 0. The molecule has 1 fully saturated rings. The van der Waals surface area contributed by atoms with Gasteiger partial charge in [-0.3, -0.25) is 9.69 Å². The van der Waals surface area contributed by atoms with Gasteiger partial charge in [-0.1, -0.05) is 24.3 Å². The molecule has 1 heterocycles. The largest absolute Gasteiger partial charge is 0.478 e. The summed E-state index contributed by atoms with van der Waals surface area (Å²) in [5, 5.41) is 18.0. The maximum atomic E-state index is 12.9. The number of carboxylic acids is 2. The van der Waals surface area contributed by atoms with E-state index in [0.29, 0.717) is 24.2 Å². The Morgan fingerprint density at radius 2 is 1.14 bits per heavy atom. The summed E-state index contributed by atoms with van der Waals surface area (Å²) in [6.07, 6.45) is 3.54. The Morgan fingerprint density at radius 1 is 0.786 bits per heavy atom. The van der Waals surface area contributed by atoms with Gasteiger partial charge in [0.1, 0.15) is 0 Å². The second-order valence-electron chi connectivity index (χ2n) is 6.69. The van der Waals surface area contributed by atoms with Crippen LogP contribution in [0.1, 0.15) is 31.8 Å². The molecular weight excluding hydrogens is 358 g/mol. The third kappa shape index (κ3) is 4.42. The van der Waals surface area contributed by atoms with Crippen LogP contribution in [0.4, 0.5) is 0 Å². The zero-order chi connectivity index (χ0) is 20.3. The van der Waals surface area contributed by atoms with Gasteiger partial charge in [-0.05, 0) is 54.6 Å². The van der Waals surface area contributed by atoms with Gasteiger partial charge in [0.05, 0.1) is 11.1 Å². The molecule has 1 aliphatic rings. The van der Waals surface area contributed by atoms with Crippen LogP contribution >= 0.6 is 0 Å². The summed E-state index contributed by atoms with van der Waals surface area (Å²) in [6, 6.07) is 12.7. The second-order valence-corrected chi connectivity index (χ2v) is 6.69. The van der Waals surface area contributed by atoms with Crippen LogP contribution in [0.2, 0.25) is 0 Å². The van der Waals surface area contributed by atoms with Crippen molar-refractivity contribution in [1.29, 1.82) is 0 Å². The highest BCUT2D eigenvalue weighted by atomic mass is 16.4. The lowest BCUT2D eigenvalue weighted by Crippen LogP contribution is -2.34. The molecular formula is C22H19NO5. The highest BCUT2D eigenvalue weighted by molar-refractivity contribution is 6.14. The minimum absolute atomic E-state index is 0.0669. The van der Waals surface area contributed by atoms with E-state index in [-0.39, 0.29) is 16.9 Å². The number of carbonyl (C=O) groups excluding carboxylic acids is 1. The number of aromatic carboxylic acids is 2. The molecule has 0 bridgehead atoms. The number of ketones is 1. The Bertz CT molecular complexity index is 905. The number of hydrogen-bond donors (Lipinski definition) is 2. The normalized spacial score (nSPS) is 17.8. The van der Waals surface area contributed by atoms with Crippen molar-refractivity contribution < 1.29 is 24.6 Å². The molecule has 0 saturated carbocycles. The maximum absolute atomic E-state index is 12.9. The summed E-state index contributed by atoms with van der Waals surface area (Å²) >= 11 is 0. The van der Waals surface area contributed by atoms with Gasteiger partial charge in [0.15, 0.2) is 5.78 Å². The number of nitrogens with zero attached hydrogens (tertiary/aromatic N) is 1. The van der Waals surface area contributed by atoms with Crippen molar-refractivity contribution in [2.45, 2.75) is 0 Å². The Morgan fingerprint density at radius 3 is 1.46 bits per heavy atom. The van der Waals surface area contributed by atoms with Crippen LogP contribution in [0.3, 0.4) is 0 Å². The number of likely N-dealkylation sites (N-methyl/N-ethyl adjacent to an activating group) is 1. The van der Waals surface area contributed by atoms with Crippen LogP contribution in [0.5, 0.6) is 0 Å². The van der Waals surface area contributed by atoms with Gasteiger partial charge in [0.2, 0.25) is 0 Å². The Kier molecular flexibility index (Phi) is 5.52. The summed E-state index contributed by atoms with van der Waals surface area (Å²) in [6.45, 7) is 0.990. The van der Waals surface area contributed by atoms with Crippen LogP contribution in [-0.2, 0) is 4.79 Å². The van der Waals surface area contributed by atoms with Crippen molar-refractivity contribution in [2.75, 3.05) is 20.1 Å². The van der Waals surface area contributed by atoms with Crippen molar-refractivity contribution in [3.05, 3.63) is 81.9 Å². The smallest absolute Gasteiger partial charge is 0.335 e. The lowest BCUT2D eigenvalue weighted by molar-refractivity contribution is -0.113. The van der Waals surface area contributed by atoms with E-state index < -0.39 is 11.9 Å². The molecule has 2 aromatic carbocycles. The highest BCUT2D eigenvalue weighted by Gasteiger charge is 2.24. The fraction of sp³-hybridized carbons (Fsp3) is 0.136. The van der Waals surface area contributed by atoms with E-state index in [1.165, 1.54) is 24.3 Å². The average Bonchev–Trinajstić information content (AvgIpc) is 2.66. The fourth-order valence-electron chi connectivity index (χ4n) is 3.06. The van der Waals surface area contributed by atoms with Gasteiger partial charge >= 0.3 is 11.9 Å². The molecule has 6 heteroatoms. The minimum Gasteiger partial charge on any atom is -0.478 e. The number of carboxylic acid groups (broad SMARTS) is 2. The highest BCUT2D eigenvalue weighted by Crippen LogP contribution is 2.21. The summed E-state index contributed by atoms with van der Waals surface area (Å²) in [4.78, 5) is 36.8. The number of Topliss-reactive ketones (excluding diaryl/α,β-unsaturated/α-hetero) is 1. The quantitative estimate of drug-likeness (QED) is 0.795. The number of rotatable bonds is 4. The first-order valence-electron chi connectivity index (χ1n) is 8.64. The fourth-order valence-corrected chi connectivity index (χ4v) is 3.06. The zero-order valence-corrected chi connectivity index (χ0v) is 15.3. The van der Waals surface area contributed by atoms with Gasteiger partial charge in [0.25, 0.3) is 0 Å². The lowest BCUT2D eigenvalue weighted by Gasteiger charge is -2.26. The van der Waals surface area contributed by atoms with E-state index in [9.17, 15) is 14.4 Å². The molecule has 6 nitrogen and oxygen atoms in total. The first-order valence-corrected chi connectivity index (χ1v) is 8.64. The van der Waals surface area contributed by atoms with E-state index in [1.54, 1.807) is 36.4 Å². The summed E-state index contributed by atoms with van der Waals surface area (Å²) in [5.41, 5.74) is 3.14. The Balaban J connectivity index is 1.87. The standard InChI is InChI=1S/C22H19NO5/c1-23-12-18(10-14-2-6-16(7-3-14)21(25)26)20(24)19(13-23)11-15-4-8-17(9-5-15)22(27)28/h2-11H,12-13H2,1H3,(H,25,26)(H,27,28)/b18-10-,19-11+. The van der Waals surface area contributed by atoms with Crippen LogP contribution in [-0.4, -0.2) is 53.0 Å². The molecule has 1 aliphatic heterocycles. The molecule has 1 saturated heterocycles. The van der Waals surface area contributed by atoms with Gasteiger partial charge in [-0.25, -0.2) is 9.59 Å². The molecule has 0 amide bonds. The monoisotopic (exact) mass is 377 g/mol. The molecule has 0 aliphatic carbocycles. The predicted molar refractivity (Wildman–Crippen MR) is 105 cm³/mol. The van der Waals surface area contributed by atoms with Crippen molar-refractivity contribution in [3.8, 4) is 0 Å². The molecule has 0 atom stereocenters. The van der Waals surface area contributed by atoms with Crippen molar-refractivity contribution in [1.82, 2.24) is 4.90 Å². The van der Waals surface area contributed by atoms with Crippen molar-refractivity contribution >= 4 is 29.9 Å². The van der Waals surface area contributed by atoms with Crippen LogP contribution < -0.4 is 0 Å². The van der Waals surface area contributed by atoms with Crippen LogP contribution in [0.15, 0.2) is 59.7 Å². The third-order valence-corrected chi connectivity index (χ3v) is 4.46. The number of benzene rings is 2. The summed E-state index contributed by atoms with van der Waals surface area (Å²) in [5.74, 6) is -2.05. The topological polar surface area (TPSA) is 94.9 Å². The van der Waals surface area contributed by atoms with E-state index in [0.717, 1.165) is 11.1 Å². The second kappa shape index (κ2) is 8.02. The van der Waals surface area contributed by atoms with Gasteiger partial charge in [0, 0.05) is 24.2 Å². The SMILES string of the molecule is CN1C/C(=C/c2ccc(C(=O)O)cc2)C(=O)/C(=C/c2ccc(C(=O)O)cc2)C1. The van der Waals surface area contributed by atoms with Crippen molar-refractivity contribution in [2.24, 2.45) is 0 Å². The van der Waals surface area contributed by atoms with Gasteiger partial charge in [-0.15, -0.1) is 0 Å². The van der Waals surface area contributed by atoms with E-state index in [1.807, 2.05) is 11.9 Å². The molecule has 3 rings (SSSR count). The molecule has 0 spiro atoms. The molecule has 28 heavy (non-hydrogen) atoms. The first kappa shape index (κ1) is 19.3. The minimum atomic E-state index is -0.994. The van der Waals surface area contributed by atoms with Crippen molar-refractivity contribution in [3.63, 3.8) is 0 Å². The number of likely N-dealkylation sites (tertiary alicyclic amines) is 1. The molecule has 0 radical (unpaired) electrons. The molecule has 142 valence electrons. The zero-order valence-electron chi connectivity index (χ0n) is 15.3. The number of hydrogen-bond acceptors (Lipinski definition) is 4. The Labute approximate surface area is 162 Å². The maximum Gasteiger partial charge on any atom is 0.335 e. The molecule has 2 aromatic rings. The summed E-state index contributed by atoms with van der Waals surface area (Å²) in [7, 11) is 1.91. The Hall–Kier alpha value is -3.51. The number of piperidine rings is 1. The number of carbonyl (C=O) groups is 3. The van der Waals surface area contributed by atoms with E-state index in [4.69, 9.17) is 10.2 Å². The van der Waals surface area contributed by atoms with Crippen LogP contribution in [0, 0.1) is 0 Å². The van der Waals surface area contributed by atoms with Gasteiger partial charge < -0.3 is 10.2 Å². The average molecular weight is 377 g/mol.